The molecule has 2 aromatic carbocycles. The van der Waals surface area contributed by atoms with Crippen LogP contribution in [-0.4, -0.2) is 54.6 Å². The lowest BCUT2D eigenvalue weighted by Crippen LogP contribution is -2.59. The number of hydrogen-bond acceptors (Lipinski definition) is 8. The summed E-state index contributed by atoms with van der Waals surface area (Å²) >= 11 is 1.34. The molecule has 1 amide bonds. The summed E-state index contributed by atoms with van der Waals surface area (Å²) < 4.78 is 17.6. The van der Waals surface area contributed by atoms with Crippen LogP contribution in [0.1, 0.15) is 27.9 Å². The van der Waals surface area contributed by atoms with Crippen molar-refractivity contribution in [3.05, 3.63) is 86.9 Å². The highest BCUT2D eigenvalue weighted by Crippen LogP contribution is 2.32. The largest absolute Gasteiger partial charge is 0.388 e. The van der Waals surface area contributed by atoms with Gasteiger partial charge in [0.1, 0.15) is 11.5 Å². The minimum absolute atomic E-state index is 0.0480. The molecule has 5 aromatic rings. The van der Waals surface area contributed by atoms with Crippen LogP contribution in [0.2, 0.25) is 0 Å². The van der Waals surface area contributed by atoms with Crippen LogP contribution in [0, 0.1) is 12.7 Å². The third-order valence-corrected chi connectivity index (χ3v) is 8.25. The zero-order valence-electron chi connectivity index (χ0n) is 22.7. The van der Waals surface area contributed by atoms with Gasteiger partial charge in [0.05, 0.1) is 27.6 Å². The Morgan fingerprint density at radius 3 is 2.73 bits per heavy atom. The first-order chi connectivity index (χ1) is 19.6. The fourth-order valence-corrected chi connectivity index (χ4v) is 6.08. The second-order valence-electron chi connectivity index (χ2n) is 10.6. The number of aryl methyl sites for hydroxylation is 1. The first-order valence-electron chi connectivity index (χ1n) is 13.0. The average molecular weight is 574 g/mol. The molecule has 0 bridgehead atoms. The van der Waals surface area contributed by atoms with Gasteiger partial charge in [-0.3, -0.25) is 19.2 Å². The van der Waals surface area contributed by atoms with Crippen LogP contribution in [0.4, 0.5) is 21.6 Å². The number of H-pyrrole nitrogens is 1. The van der Waals surface area contributed by atoms with E-state index in [1.807, 2.05) is 37.4 Å². The number of carbonyl (C=O) groups excluding carboxylic acids is 1. The molecule has 1 aliphatic heterocycles. The molecule has 210 valence electrons. The maximum Gasteiger partial charge on any atom is 0.287 e. The van der Waals surface area contributed by atoms with Gasteiger partial charge in [-0.25, -0.2) is 9.49 Å². The predicted octanol–water partition coefficient (Wildman–Crippen LogP) is 4.40. The van der Waals surface area contributed by atoms with Crippen LogP contribution >= 0.6 is 11.3 Å². The monoisotopic (exact) mass is 573 g/mol. The Morgan fingerprint density at radius 1 is 1.20 bits per heavy atom. The van der Waals surface area contributed by atoms with E-state index in [2.05, 4.69) is 30.8 Å². The Kier molecular flexibility index (Phi) is 6.68. The minimum Gasteiger partial charge on any atom is -0.388 e. The number of aliphatic hydroxyl groups is 1. The fraction of sp³-hybridized carbons (Fsp3) is 0.241. The van der Waals surface area contributed by atoms with Crippen LogP contribution in [0.15, 0.2) is 59.4 Å². The number of thiophene rings is 1. The maximum absolute atomic E-state index is 14.9. The van der Waals surface area contributed by atoms with Crippen molar-refractivity contribution in [3.8, 4) is 11.3 Å². The molecule has 41 heavy (non-hydrogen) atoms. The third kappa shape index (κ3) is 5.36. The molecule has 6 rings (SSSR count). The van der Waals surface area contributed by atoms with Crippen molar-refractivity contribution in [2.24, 2.45) is 7.05 Å². The summed E-state index contributed by atoms with van der Waals surface area (Å²) in [6.45, 7) is 5.27. The smallest absolute Gasteiger partial charge is 0.287 e. The molecule has 3 aromatic heterocycles. The number of benzene rings is 2. The molecule has 0 radical (unpaired) electrons. The van der Waals surface area contributed by atoms with E-state index < -0.39 is 22.9 Å². The Morgan fingerprint density at radius 2 is 1.98 bits per heavy atom. The lowest BCUT2D eigenvalue weighted by atomic mass is 9.97. The Labute approximate surface area is 238 Å². The first kappa shape index (κ1) is 26.8. The average Bonchev–Trinajstić information content (AvgIpc) is 3.50. The first-order valence-corrected chi connectivity index (χ1v) is 13.8. The number of carbonyl (C=O) groups is 1. The van der Waals surface area contributed by atoms with E-state index in [0.717, 1.165) is 15.8 Å². The molecule has 0 saturated carbocycles. The summed E-state index contributed by atoms with van der Waals surface area (Å²) in [4.78, 5) is 28.2. The lowest BCUT2D eigenvalue weighted by molar-refractivity contribution is -0.0879. The van der Waals surface area contributed by atoms with Gasteiger partial charge >= 0.3 is 0 Å². The SMILES string of the molecule is Cc1c(-c2cc(Nc3cc(CN4CC(C)(O)C4)n(C)n3)c(=O)[nH]n2)ccc(F)c1NC(=O)c1cc2ccccc2s1. The number of likely N-dealkylation sites (tertiary alicyclic amines) is 1. The van der Waals surface area contributed by atoms with Crippen molar-refractivity contribution >= 4 is 44.5 Å². The molecule has 1 saturated heterocycles. The summed E-state index contributed by atoms with van der Waals surface area (Å²) in [5, 5.41) is 27.8. The molecule has 4 N–H and O–H groups in total. The molecule has 0 spiro atoms. The summed E-state index contributed by atoms with van der Waals surface area (Å²) in [7, 11) is 1.82. The van der Waals surface area contributed by atoms with Crippen LogP contribution in [0.25, 0.3) is 21.3 Å². The van der Waals surface area contributed by atoms with E-state index >= 15 is 0 Å². The molecule has 1 fully saturated rings. The van der Waals surface area contributed by atoms with E-state index in [4.69, 9.17) is 0 Å². The number of aromatic nitrogens is 4. The molecular formula is C29H28FN7O3S. The summed E-state index contributed by atoms with van der Waals surface area (Å²) in [6.07, 6.45) is 0. The van der Waals surface area contributed by atoms with Gasteiger partial charge in [0.15, 0.2) is 5.82 Å². The second-order valence-corrected chi connectivity index (χ2v) is 11.7. The maximum atomic E-state index is 14.9. The molecule has 0 unspecified atom stereocenters. The van der Waals surface area contributed by atoms with E-state index in [9.17, 15) is 19.1 Å². The quantitative estimate of drug-likeness (QED) is 0.227. The summed E-state index contributed by atoms with van der Waals surface area (Å²) in [5.41, 5.74) is 1.47. The molecular weight excluding hydrogens is 545 g/mol. The van der Waals surface area contributed by atoms with E-state index in [1.165, 1.54) is 17.4 Å². The number of anilines is 3. The molecule has 4 heterocycles. The van der Waals surface area contributed by atoms with Gasteiger partial charge in [-0.1, -0.05) is 18.2 Å². The van der Waals surface area contributed by atoms with Crippen molar-refractivity contribution in [2.75, 3.05) is 23.7 Å². The van der Waals surface area contributed by atoms with Gasteiger partial charge in [0.2, 0.25) is 0 Å². The number of nitrogens with zero attached hydrogens (tertiary/aromatic N) is 4. The number of fused-ring (bicyclic) bond motifs is 1. The topological polar surface area (TPSA) is 128 Å². The lowest BCUT2D eigenvalue weighted by Gasteiger charge is -2.44. The number of hydrogen-bond donors (Lipinski definition) is 4. The number of amides is 1. The van der Waals surface area contributed by atoms with Gasteiger partial charge in [-0.15, -0.1) is 11.3 Å². The molecule has 0 aliphatic carbocycles. The third-order valence-electron chi connectivity index (χ3n) is 7.14. The fourth-order valence-electron chi connectivity index (χ4n) is 5.13. The van der Waals surface area contributed by atoms with Gasteiger partial charge in [0, 0.05) is 43.0 Å². The zero-order valence-corrected chi connectivity index (χ0v) is 23.5. The number of rotatable bonds is 7. The summed E-state index contributed by atoms with van der Waals surface area (Å²) in [6, 6.07) is 15.7. The number of aromatic amines is 1. The molecule has 1 aliphatic rings. The van der Waals surface area contributed by atoms with Crippen LogP contribution in [0.3, 0.4) is 0 Å². The minimum atomic E-state index is -0.666. The molecule has 10 nitrogen and oxygen atoms in total. The Bertz CT molecular complexity index is 1820. The van der Waals surface area contributed by atoms with Crippen molar-refractivity contribution in [1.29, 1.82) is 0 Å². The Balaban J connectivity index is 1.24. The van der Waals surface area contributed by atoms with Crippen molar-refractivity contribution < 1.29 is 14.3 Å². The van der Waals surface area contributed by atoms with Crippen LogP contribution in [-0.2, 0) is 13.6 Å². The number of β-amino-alcohol motifs (C(OH)–C–C–N with tert-alkyl or cyclic N) is 1. The Hall–Kier alpha value is -4.39. The summed E-state index contributed by atoms with van der Waals surface area (Å²) in [5.74, 6) is -0.507. The predicted molar refractivity (Wildman–Crippen MR) is 157 cm³/mol. The van der Waals surface area contributed by atoms with Gasteiger partial charge in [0.25, 0.3) is 11.5 Å². The van der Waals surface area contributed by atoms with E-state index in [-0.39, 0.29) is 11.4 Å². The van der Waals surface area contributed by atoms with Crippen LogP contribution in [0.5, 0.6) is 0 Å². The molecule has 12 heteroatoms. The van der Waals surface area contributed by atoms with Gasteiger partial charge in [-0.05, 0) is 55.1 Å². The van der Waals surface area contributed by atoms with E-state index in [1.54, 1.807) is 36.7 Å². The van der Waals surface area contributed by atoms with Gasteiger partial charge in [-0.2, -0.15) is 10.2 Å². The van der Waals surface area contributed by atoms with Gasteiger partial charge < -0.3 is 15.7 Å². The normalized spacial score (nSPS) is 14.7. The van der Waals surface area contributed by atoms with Crippen molar-refractivity contribution in [2.45, 2.75) is 26.0 Å². The highest BCUT2D eigenvalue weighted by Gasteiger charge is 2.36. The standard InChI is InChI=1S/C29H28FN7O3S/c1-16-19(8-9-20(30)26(16)32-28(39)24-10-17-6-4-5-7-23(17)41-24)21-12-22(27(38)34-33-21)31-25-11-18(36(3)35-25)13-37-14-29(2,40)15-37/h4-12,40H,13-15H2,1-3H3,(H,32,39)(H,34,38)(H,31,33,35). The highest BCUT2D eigenvalue weighted by molar-refractivity contribution is 7.20. The van der Waals surface area contributed by atoms with Crippen molar-refractivity contribution in [1.82, 2.24) is 24.9 Å². The second kappa shape index (κ2) is 10.2. The molecule has 0 atom stereocenters. The van der Waals surface area contributed by atoms with E-state index in [0.29, 0.717) is 47.2 Å². The zero-order chi connectivity index (χ0) is 28.9. The highest BCUT2D eigenvalue weighted by atomic mass is 32.1. The number of nitrogens with one attached hydrogen (secondary N) is 3. The number of halogens is 1. The van der Waals surface area contributed by atoms with Crippen LogP contribution < -0.4 is 16.2 Å². The van der Waals surface area contributed by atoms with Crippen molar-refractivity contribution in [3.63, 3.8) is 0 Å².